The minimum absolute atomic E-state index is 0. The third kappa shape index (κ3) is 6.55. The molecule has 1 amide bonds. The summed E-state index contributed by atoms with van der Waals surface area (Å²) < 4.78 is 5.55. The molecule has 4 rings (SSSR count). The van der Waals surface area contributed by atoms with Crippen LogP contribution in [0, 0.1) is 18.3 Å². The number of carbonyl (C=O) groups is 1. The first-order valence-corrected chi connectivity index (χ1v) is 12.2. The second-order valence-electron chi connectivity index (χ2n) is 9.57. The highest BCUT2D eigenvalue weighted by Gasteiger charge is 2.50. The average Bonchev–Trinajstić information content (AvgIpc) is 2.82. The van der Waals surface area contributed by atoms with Crippen LogP contribution >= 0.6 is 24.8 Å². The van der Waals surface area contributed by atoms with Gasteiger partial charge in [0.05, 0.1) is 18.6 Å². The lowest BCUT2D eigenvalue weighted by Gasteiger charge is -2.51. The van der Waals surface area contributed by atoms with Gasteiger partial charge in [0.25, 0.3) is 0 Å². The van der Waals surface area contributed by atoms with Gasteiger partial charge in [-0.2, -0.15) is 0 Å². The molecule has 1 aromatic rings. The van der Waals surface area contributed by atoms with Gasteiger partial charge in [-0.1, -0.05) is 12.1 Å². The van der Waals surface area contributed by atoms with E-state index >= 15 is 0 Å². The van der Waals surface area contributed by atoms with E-state index in [9.17, 15) is 4.79 Å². The van der Waals surface area contributed by atoms with Crippen molar-refractivity contribution < 1.29 is 9.53 Å². The van der Waals surface area contributed by atoms with E-state index in [1.54, 1.807) is 0 Å². The van der Waals surface area contributed by atoms with Crippen LogP contribution in [0.4, 0.5) is 5.69 Å². The van der Waals surface area contributed by atoms with Crippen LogP contribution in [0.2, 0.25) is 0 Å². The highest BCUT2D eigenvalue weighted by Crippen LogP contribution is 2.46. The Hall–Kier alpha value is -1.05. The van der Waals surface area contributed by atoms with Crippen LogP contribution < -0.4 is 15.5 Å². The van der Waals surface area contributed by atoms with E-state index in [-0.39, 0.29) is 36.1 Å². The standard InChI is InChI=1S/C25H40N4O2.2ClH/c1-3-28(22-6-4-5-20(2)17-22)12-11-27-24(30)25-9-7-23(29-13-15-31-16-14-29)18-21(25)8-10-26-19-25;;/h4-6,17,21,23,26H,3,7-16,18-19H2,1-2H3,(H,27,30);2*1H/t21-,23+,25-;;/m1../s1. The number of nitrogens with zero attached hydrogens (tertiary/aromatic N) is 2. The van der Waals surface area contributed by atoms with Gasteiger partial charge < -0.3 is 20.3 Å². The smallest absolute Gasteiger partial charge is 0.227 e. The molecule has 8 heteroatoms. The van der Waals surface area contributed by atoms with Crippen LogP contribution in [0.3, 0.4) is 0 Å². The third-order valence-electron chi connectivity index (χ3n) is 7.80. The topological polar surface area (TPSA) is 56.8 Å². The zero-order valence-electron chi connectivity index (χ0n) is 20.2. The van der Waals surface area contributed by atoms with Crippen molar-refractivity contribution >= 4 is 36.4 Å². The molecule has 1 aliphatic carbocycles. The van der Waals surface area contributed by atoms with Crippen LogP contribution in [-0.4, -0.2) is 75.9 Å². The fraction of sp³-hybridized carbons (Fsp3) is 0.720. The summed E-state index contributed by atoms with van der Waals surface area (Å²) in [5.74, 6) is 0.750. The number of hydrogen-bond donors (Lipinski definition) is 2. The maximum absolute atomic E-state index is 13.5. The first-order valence-electron chi connectivity index (χ1n) is 12.2. The minimum atomic E-state index is -0.235. The molecule has 1 saturated carbocycles. The van der Waals surface area contributed by atoms with Crippen LogP contribution in [0.15, 0.2) is 24.3 Å². The molecule has 2 heterocycles. The molecule has 2 aliphatic heterocycles. The Kier molecular flexibility index (Phi) is 11.2. The highest BCUT2D eigenvalue weighted by atomic mass is 35.5. The second kappa shape index (κ2) is 13.1. The number of nitrogens with one attached hydrogen (secondary N) is 2. The van der Waals surface area contributed by atoms with E-state index in [1.165, 1.54) is 11.3 Å². The molecule has 0 aromatic heterocycles. The molecule has 0 bridgehead atoms. The Balaban J connectivity index is 0.00000193. The fourth-order valence-electron chi connectivity index (χ4n) is 5.94. The van der Waals surface area contributed by atoms with E-state index in [4.69, 9.17) is 4.74 Å². The van der Waals surface area contributed by atoms with Crippen molar-refractivity contribution in [2.45, 2.75) is 45.6 Å². The van der Waals surface area contributed by atoms with Gasteiger partial charge >= 0.3 is 0 Å². The second-order valence-corrected chi connectivity index (χ2v) is 9.57. The molecule has 3 aliphatic rings. The average molecular weight is 502 g/mol. The molecule has 2 saturated heterocycles. The maximum Gasteiger partial charge on any atom is 0.227 e. The van der Waals surface area contributed by atoms with Crippen molar-refractivity contribution in [1.82, 2.24) is 15.5 Å². The lowest BCUT2D eigenvalue weighted by molar-refractivity contribution is -0.140. The van der Waals surface area contributed by atoms with Crippen molar-refractivity contribution in [1.29, 1.82) is 0 Å². The molecule has 0 radical (unpaired) electrons. The Morgan fingerprint density at radius 2 is 2.06 bits per heavy atom. The number of aryl methyl sites for hydroxylation is 1. The molecule has 3 atom stereocenters. The van der Waals surface area contributed by atoms with Gasteiger partial charge in [-0.05, 0) is 69.7 Å². The van der Waals surface area contributed by atoms with E-state index in [2.05, 4.69) is 58.5 Å². The Morgan fingerprint density at radius 3 is 2.79 bits per heavy atom. The lowest BCUT2D eigenvalue weighted by Crippen LogP contribution is -2.60. The maximum atomic E-state index is 13.5. The minimum Gasteiger partial charge on any atom is -0.379 e. The Labute approximate surface area is 212 Å². The zero-order chi connectivity index (χ0) is 21.7. The number of fused-ring (bicyclic) bond motifs is 1. The molecule has 1 aromatic carbocycles. The van der Waals surface area contributed by atoms with E-state index in [1.807, 2.05) is 0 Å². The van der Waals surface area contributed by atoms with Gasteiger partial charge in [-0.25, -0.2) is 0 Å². The number of carbonyl (C=O) groups excluding carboxylic acids is 1. The van der Waals surface area contributed by atoms with Gasteiger partial charge in [0.1, 0.15) is 0 Å². The van der Waals surface area contributed by atoms with Crippen LogP contribution in [0.25, 0.3) is 0 Å². The quantitative estimate of drug-likeness (QED) is 0.601. The van der Waals surface area contributed by atoms with E-state index in [0.717, 1.165) is 78.2 Å². The van der Waals surface area contributed by atoms with Gasteiger partial charge in [0.2, 0.25) is 5.91 Å². The number of amides is 1. The number of ether oxygens (including phenoxy) is 1. The summed E-state index contributed by atoms with van der Waals surface area (Å²) in [6.45, 7) is 12.4. The van der Waals surface area contributed by atoms with E-state index < -0.39 is 0 Å². The summed E-state index contributed by atoms with van der Waals surface area (Å²) >= 11 is 0. The summed E-state index contributed by atoms with van der Waals surface area (Å²) in [6, 6.07) is 9.23. The summed E-state index contributed by atoms with van der Waals surface area (Å²) in [4.78, 5) is 18.4. The number of anilines is 1. The predicted molar refractivity (Wildman–Crippen MR) is 140 cm³/mol. The molecule has 33 heavy (non-hydrogen) atoms. The number of hydrogen-bond acceptors (Lipinski definition) is 5. The van der Waals surface area contributed by atoms with Crippen molar-refractivity contribution in [2.75, 3.05) is 63.9 Å². The van der Waals surface area contributed by atoms with Gasteiger partial charge in [0, 0.05) is 51.0 Å². The van der Waals surface area contributed by atoms with Gasteiger partial charge in [0.15, 0.2) is 0 Å². The molecule has 2 N–H and O–H groups in total. The number of likely N-dealkylation sites (N-methyl/N-ethyl adjacent to an activating group) is 1. The zero-order valence-corrected chi connectivity index (χ0v) is 21.8. The monoisotopic (exact) mass is 500 g/mol. The van der Waals surface area contributed by atoms with Crippen LogP contribution in [0.5, 0.6) is 0 Å². The molecular weight excluding hydrogens is 459 g/mol. The first-order chi connectivity index (χ1) is 15.1. The van der Waals surface area contributed by atoms with Crippen molar-refractivity contribution in [3.8, 4) is 0 Å². The SMILES string of the molecule is CCN(CCNC(=O)[C@@]12CC[C@H](N3CCOCC3)C[C@H]1CCNC2)c1cccc(C)c1.Cl.Cl. The lowest BCUT2D eigenvalue weighted by atomic mass is 9.61. The van der Waals surface area contributed by atoms with E-state index in [0.29, 0.717) is 18.5 Å². The highest BCUT2D eigenvalue weighted by molar-refractivity contribution is 5.85. The number of rotatable bonds is 7. The summed E-state index contributed by atoms with van der Waals surface area (Å²) in [7, 11) is 0. The van der Waals surface area contributed by atoms with Crippen molar-refractivity contribution in [3.05, 3.63) is 29.8 Å². The fourth-order valence-corrected chi connectivity index (χ4v) is 5.94. The predicted octanol–water partition coefficient (Wildman–Crippen LogP) is 3.26. The van der Waals surface area contributed by atoms with Crippen molar-refractivity contribution in [2.24, 2.45) is 11.3 Å². The molecule has 188 valence electrons. The largest absolute Gasteiger partial charge is 0.379 e. The summed E-state index contributed by atoms with van der Waals surface area (Å²) in [5, 5.41) is 6.87. The molecule has 0 spiro atoms. The number of benzene rings is 1. The molecule has 6 nitrogen and oxygen atoms in total. The van der Waals surface area contributed by atoms with Crippen LogP contribution in [-0.2, 0) is 9.53 Å². The third-order valence-corrected chi connectivity index (χ3v) is 7.80. The number of morpholine rings is 1. The van der Waals surface area contributed by atoms with Gasteiger partial charge in [-0.15, -0.1) is 24.8 Å². The number of piperidine rings is 1. The van der Waals surface area contributed by atoms with Gasteiger partial charge in [-0.3, -0.25) is 9.69 Å². The first kappa shape index (κ1) is 28.2. The summed E-state index contributed by atoms with van der Waals surface area (Å²) in [5.41, 5.74) is 2.27. The molecular formula is C25H42Cl2N4O2. The Bertz CT molecular complexity index is 747. The molecule has 3 fully saturated rings. The Morgan fingerprint density at radius 1 is 1.27 bits per heavy atom. The summed E-state index contributed by atoms with van der Waals surface area (Å²) in [6.07, 6.45) is 4.38. The normalized spacial score (nSPS) is 27.5. The van der Waals surface area contributed by atoms with Crippen LogP contribution in [0.1, 0.15) is 38.2 Å². The van der Waals surface area contributed by atoms with Crippen molar-refractivity contribution in [3.63, 3.8) is 0 Å². The molecule has 0 unspecified atom stereocenters. The number of halogens is 2.